The highest BCUT2D eigenvalue weighted by Crippen LogP contribution is 2.35. The molecule has 0 aliphatic heterocycles. The number of carbonyl (C=O) groups excluding carboxylic acids is 1. The Morgan fingerprint density at radius 1 is 1.08 bits per heavy atom. The minimum Gasteiger partial charge on any atom is -0.504 e. The zero-order valence-corrected chi connectivity index (χ0v) is 12.7. The first kappa shape index (κ1) is 17.6. The standard InChI is InChI=1S/C16H19NO7/c18-11-6-9(16(23)24)5-10(7-11)17-14(21)2-1-8-3-12(19)15(22)13(20)4-8/h1-4,9-11,18-20,22H,5-7H2,(H,17,21)(H,23,24)/b2-1-/t9-,10-,11+/m0/s1. The Kier molecular flexibility index (Phi) is 5.30. The van der Waals surface area contributed by atoms with Crippen molar-refractivity contribution in [2.24, 2.45) is 5.92 Å². The van der Waals surface area contributed by atoms with Crippen molar-refractivity contribution in [3.63, 3.8) is 0 Å². The molecule has 24 heavy (non-hydrogen) atoms. The Labute approximate surface area is 137 Å². The summed E-state index contributed by atoms with van der Waals surface area (Å²) >= 11 is 0. The van der Waals surface area contributed by atoms with Crippen LogP contribution in [0.4, 0.5) is 0 Å². The molecule has 3 atom stereocenters. The number of aliphatic carboxylic acids is 1. The van der Waals surface area contributed by atoms with E-state index in [-0.39, 0.29) is 19.3 Å². The van der Waals surface area contributed by atoms with E-state index in [2.05, 4.69) is 5.32 Å². The first-order chi connectivity index (χ1) is 11.3. The van der Waals surface area contributed by atoms with Crippen molar-refractivity contribution in [2.45, 2.75) is 31.4 Å². The van der Waals surface area contributed by atoms with Gasteiger partial charge in [-0.3, -0.25) is 9.59 Å². The van der Waals surface area contributed by atoms with Crippen molar-refractivity contribution < 1.29 is 35.1 Å². The fourth-order valence-corrected chi connectivity index (χ4v) is 2.75. The number of phenols is 3. The van der Waals surface area contributed by atoms with Crippen molar-refractivity contribution in [1.29, 1.82) is 0 Å². The molecule has 1 amide bonds. The lowest BCUT2D eigenvalue weighted by Gasteiger charge is -2.30. The number of aliphatic hydroxyl groups excluding tert-OH is 1. The smallest absolute Gasteiger partial charge is 0.306 e. The molecule has 1 aliphatic rings. The van der Waals surface area contributed by atoms with E-state index in [9.17, 15) is 30.0 Å². The summed E-state index contributed by atoms with van der Waals surface area (Å²) in [6, 6.07) is 1.89. The van der Waals surface area contributed by atoms with Crippen molar-refractivity contribution in [2.75, 3.05) is 0 Å². The highest BCUT2D eigenvalue weighted by Gasteiger charge is 2.32. The summed E-state index contributed by atoms with van der Waals surface area (Å²) in [6.45, 7) is 0. The number of carbonyl (C=O) groups is 2. The van der Waals surface area contributed by atoms with Crippen LogP contribution < -0.4 is 5.32 Å². The number of aromatic hydroxyl groups is 3. The Bertz CT molecular complexity index is 647. The number of benzene rings is 1. The van der Waals surface area contributed by atoms with Gasteiger partial charge in [-0.05, 0) is 43.0 Å². The topological polar surface area (TPSA) is 147 Å². The first-order valence-electron chi connectivity index (χ1n) is 7.40. The summed E-state index contributed by atoms with van der Waals surface area (Å²) in [5, 5.41) is 49.4. The molecule has 1 aromatic rings. The van der Waals surface area contributed by atoms with Gasteiger partial charge in [0.15, 0.2) is 17.2 Å². The van der Waals surface area contributed by atoms with Crippen LogP contribution in [0, 0.1) is 5.92 Å². The number of hydrogen-bond donors (Lipinski definition) is 6. The number of hydrogen-bond acceptors (Lipinski definition) is 6. The summed E-state index contributed by atoms with van der Waals surface area (Å²) in [5.74, 6) is -3.88. The van der Waals surface area contributed by atoms with Gasteiger partial charge in [0.2, 0.25) is 5.91 Å². The van der Waals surface area contributed by atoms with E-state index in [1.54, 1.807) is 0 Å². The first-order valence-corrected chi connectivity index (χ1v) is 7.40. The third-order valence-electron chi connectivity index (χ3n) is 3.90. The molecule has 8 nitrogen and oxygen atoms in total. The van der Waals surface area contributed by atoms with Gasteiger partial charge in [0.05, 0.1) is 12.0 Å². The fraction of sp³-hybridized carbons (Fsp3) is 0.375. The summed E-state index contributed by atoms with van der Waals surface area (Å²) in [5.41, 5.74) is 0.296. The Morgan fingerprint density at radius 2 is 1.71 bits per heavy atom. The average Bonchev–Trinajstić information content (AvgIpc) is 2.49. The molecule has 2 rings (SSSR count). The summed E-state index contributed by atoms with van der Waals surface area (Å²) in [4.78, 5) is 22.9. The highest BCUT2D eigenvalue weighted by molar-refractivity contribution is 5.92. The maximum atomic E-state index is 11.9. The van der Waals surface area contributed by atoms with Gasteiger partial charge >= 0.3 is 5.97 Å². The van der Waals surface area contributed by atoms with E-state index in [0.717, 1.165) is 6.08 Å². The predicted molar refractivity (Wildman–Crippen MR) is 83.4 cm³/mol. The summed E-state index contributed by atoms with van der Waals surface area (Å²) in [7, 11) is 0. The van der Waals surface area contributed by atoms with Crippen LogP contribution in [0.5, 0.6) is 17.2 Å². The monoisotopic (exact) mass is 337 g/mol. The van der Waals surface area contributed by atoms with Crippen LogP contribution >= 0.6 is 0 Å². The van der Waals surface area contributed by atoms with Crippen LogP contribution in [0.25, 0.3) is 6.08 Å². The summed E-state index contributed by atoms with van der Waals surface area (Å²) in [6.07, 6.45) is 2.39. The number of rotatable bonds is 4. The average molecular weight is 337 g/mol. The van der Waals surface area contributed by atoms with Crippen molar-refractivity contribution >= 4 is 18.0 Å². The van der Waals surface area contributed by atoms with Crippen LogP contribution in [0.1, 0.15) is 24.8 Å². The number of aliphatic hydroxyl groups is 1. The van der Waals surface area contributed by atoms with Crippen molar-refractivity contribution in [1.82, 2.24) is 5.32 Å². The van der Waals surface area contributed by atoms with Gasteiger partial charge in [-0.25, -0.2) is 0 Å². The van der Waals surface area contributed by atoms with Crippen LogP contribution in [-0.2, 0) is 9.59 Å². The molecule has 8 heteroatoms. The SMILES string of the molecule is O=C(/C=C\c1cc(O)c(O)c(O)c1)N[C@@H]1C[C@H](O)C[C@@H](C(=O)O)C1. The maximum Gasteiger partial charge on any atom is 0.306 e. The quantitative estimate of drug-likeness (QED) is 0.347. The van der Waals surface area contributed by atoms with Crippen LogP contribution in [0.15, 0.2) is 18.2 Å². The lowest BCUT2D eigenvalue weighted by atomic mass is 9.84. The molecule has 6 N–H and O–H groups in total. The second-order valence-corrected chi connectivity index (χ2v) is 5.84. The van der Waals surface area contributed by atoms with Gasteiger partial charge in [-0.1, -0.05) is 0 Å². The number of carboxylic acid groups (broad SMARTS) is 1. The zero-order valence-electron chi connectivity index (χ0n) is 12.7. The molecular formula is C16H19NO7. The maximum absolute atomic E-state index is 11.9. The van der Waals surface area contributed by atoms with E-state index in [0.29, 0.717) is 5.56 Å². The van der Waals surface area contributed by atoms with E-state index in [1.807, 2.05) is 0 Å². The molecule has 1 fully saturated rings. The van der Waals surface area contributed by atoms with Crippen LogP contribution in [0.3, 0.4) is 0 Å². The highest BCUT2D eigenvalue weighted by atomic mass is 16.4. The predicted octanol–water partition coefficient (Wildman–Crippen LogP) is 0.547. The van der Waals surface area contributed by atoms with E-state index < -0.39 is 47.2 Å². The number of nitrogens with one attached hydrogen (secondary N) is 1. The number of phenolic OH excluding ortho intramolecular Hbond substituents is 3. The molecule has 1 saturated carbocycles. The van der Waals surface area contributed by atoms with Crippen molar-refractivity contribution in [3.05, 3.63) is 23.8 Å². The van der Waals surface area contributed by atoms with Crippen molar-refractivity contribution in [3.8, 4) is 17.2 Å². The lowest BCUT2D eigenvalue weighted by Crippen LogP contribution is -2.43. The van der Waals surface area contributed by atoms with Gasteiger partial charge in [0.25, 0.3) is 0 Å². The molecule has 0 radical (unpaired) electrons. The molecule has 0 unspecified atom stereocenters. The normalized spacial score (nSPS) is 24.0. The second-order valence-electron chi connectivity index (χ2n) is 5.84. The molecule has 1 aliphatic carbocycles. The minimum absolute atomic E-state index is 0.170. The van der Waals surface area contributed by atoms with Gasteiger partial charge in [-0.15, -0.1) is 0 Å². The molecular weight excluding hydrogens is 318 g/mol. The fourth-order valence-electron chi connectivity index (χ4n) is 2.75. The summed E-state index contributed by atoms with van der Waals surface area (Å²) < 4.78 is 0. The minimum atomic E-state index is -1.00. The molecule has 1 aromatic carbocycles. The molecule has 0 spiro atoms. The molecule has 0 heterocycles. The zero-order chi connectivity index (χ0) is 17.9. The number of carboxylic acids is 1. The number of amides is 1. The molecule has 0 saturated heterocycles. The van der Waals surface area contributed by atoms with Crippen LogP contribution in [-0.4, -0.2) is 49.6 Å². The third kappa shape index (κ3) is 4.39. The van der Waals surface area contributed by atoms with Crippen LogP contribution in [0.2, 0.25) is 0 Å². The molecule has 0 bridgehead atoms. The Hall–Kier alpha value is -2.74. The van der Waals surface area contributed by atoms with E-state index in [4.69, 9.17) is 5.11 Å². The molecule has 0 aromatic heterocycles. The van der Waals surface area contributed by atoms with Gasteiger partial charge in [0, 0.05) is 12.1 Å². The lowest BCUT2D eigenvalue weighted by molar-refractivity contribution is -0.145. The van der Waals surface area contributed by atoms with Gasteiger partial charge in [-0.2, -0.15) is 0 Å². The van der Waals surface area contributed by atoms with Gasteiger partial charge < -0.3 is 30.8 Å². The van der Waals surface area contributed by atoms with Gasteiger partial charge in [0.1, 0.15) is 0 Å². The third-order valence-corrected chi connectivity index (χ3v) is 3.90. The Balaban J connectivity index is 1.98. The Morgan fingerprint density at radius 3 is 2.29 bits per heavy atom. The second kappa shape index (κ2) is 7.22. The largest absolute Gasteiger partial charge is 0.504 e. The van der Waals surface area contributed by atoms with E-state index >= 15 is 0 Å². The molecule has 130 valence electrons. The van der Waals surface area contributed by atoms with E-state index in [1.165, 1.54) is 18.2 Å².